The molecule has 17 heavy (non-hydrogen) atoms. The van der Waals surface area contributed by atoms with Gasteiger partial charge in [0.25, 0.3) is 0 Å². The van der Waals surface area contributed by atoms with Crippen LogP contribution < -0.4 is 10.1 Å². The Balaban J connectivity index is 2.40. The molecule has 0 amide bonds. The van der Waals surface area contributed by atoms with E-state index < -0.39 is 0 Å². The first-order valence-electron chi connectivity index (χ1n) is 5.76. The van der Waals surface area contributed by atoms with Gasteiger partial charge in [0, 0.05) is 17.4 Å². The molecule has 0 radical (unpaired) electrons. The molecule has 3 nitrogen and oxygen atoms in total. The second kappa shape index (κ2) is 7.45. The van der Waals surface area contributed by atoms with Crippen molar-refractivity contribution in [2.75, 3.05) is 19.9 Å². The van der Waals surface area contributed by atoms with Crippen molar-refractivity contribution in [2.24, 2.45) is 0 Å². The number of hydrogen-bond donors (Lipinski definition) is 2. The van der Waals surface area contributed by atoms with Crippen molar-refractivity contribution in [2.45, 2.75) is 25.1 Å². The van der Waals surface area contributed by atoms with E-state index in [4.69, 9.17) is 4.74 Å². The molecule has 1 atom stereocenters. The Morgan fingerprint density at radius 3 is 2.88 bits per heavy atom. The summed E-state index contributed by atoms with van der Waals surface area (Å²) in [5.41, 5.74) is 0.876. The Labute approximate surface area is 108 Å². The standard InChI is InChI=1S/C13H21NO2S/c1-10(17-3)6-7-14-9-11-8-12(16-2)4-5-13(11)15/h4-5,8,10,14-15H,6-7,9H2,1-3H3. The number of hydrogen-bond acceptors (Lipinski definition) is 4. The SMILES string of the molecule is COc1ccc(O)c(CNCCC(C)SC)c1. The molecule has 1 aromatic carbocycles. The van der Waals surface area contributed by atoms with Gasteiger partial charge in [-0.05, 0) is 37.4 Å². The molecule has 2 N–H and O–H groups in total. The molecule has 0 spiro atoms. The molecule has 0 heterocycles. The maximum absolute atomic E-state index is 9.69. The van der Waals surface area contributed by atoms with Gasteiger partial charge in [-0.1, -0.05) is 6.92 Å². The normalized spacial score (nSPS) is 12.4. The molecule has 0 fully saturated rings. The molecule has 1 unspecified atom stereocenters. The summed E-state index contributed by atoms with van der Waals surface area (Å²) in [5, 5.41) is 13.7. The first-order chi connectivity index (χ1) is 8.17. The highest BCUT2D eigenvalue weighted by Gasteiger charge is 2.03. The zero-order valence-corrected chi connectivity index (χ0v) is 11.5. The summed E-state index contributed by atoms with van der Waals surface area (Å²) in [5.74, 6) is 1.09. The number of rotatable bonds is 7. The van der Waals surface area contributed by atoms with Crippen molar-refractivity contribution in [1.29, 1.82) is 0 Å². The van der Waals surface area contributed by atoms with Crippen LogP contribution in [-0.2, 0) is 6.54 Å². The zero-order chi connectivity index (χ0) is 12.7. The summed E-state index contributed by atoms with van der Waals surface area (Å²) >= 11 is 1.87. The third-order valence-corrected chi connectivity index (χ3v) is 3.77. The summed E-state index contributed by atoms with van der Waals surface area (Å²) < 4.78 is 5.13. The number of ether oxygens (including phenoxy) is 1. The maximum Gasteiger partial charge on any atom is 0.120 e. The largest absolute Gasteiger partial charge is 0.508 e. The molecular weight excluding hydrogens is 234 g/mol. The number of phenols is 1. The minimum absolute atomic E-state index is 0.316. The molecule has 0 aliphatic carbocycles. The van der Waals surface area contributed by atoms with E-state index in [2.05, 4.69) is 18.5 Å². The van der Waals surface area contributed by atoms with E-state index in [1.165, 1.54) is 0 Å². The topological polar surface area (TPSA) is 41.5 Å². The van der Waals surface area contributed by atoms with Gasteiger partial charge in [0.2, 0.25) is 0 Å². The Hall–Kier alpha value is -0.870. The van der Waals surface area contributed by atoms with Gasteiger partial charge in [-0.15, -0.1) is 0 Å². The fourth-order valence-electron chi connectivity index (χ4n) is 1.48. The quantitative estimate of drug-likeness (QED) is 0.735. The number of thioether (sulfide) groups is 1. The molecule has 0 aliphatic rings. The van der Waals surface area contributed by atoms with Crippen LogP contribution in [0.3, 0.4) is 0 Å². The van der Waals surface area contributed by atoms with Gasteiger partial charge in [-0.3, -0.25) is 0 Å². The van der Waals surface area contributed by atoms with Gasteiger partial charge < -0.3 is 15.2 Å². The molecule has 1 aromatic rings. The fourth-order valence-corrected chi connectivity index (χ4v) is 1.83. The van der Waals surface area contributed by atoms with Crippen molar-refractivity contribution in [3.05, 3.63) is 23.8 Å². The van der Waals surface area contributed by atoms with Crippen LogP contribution in [0.1, 0.15) is 18.9 Å². The summed E-state index contributed by atoms with van der Waals surface area (Å²) in [7, 11) is 1.63. The van der Waals surface area contributed by atoms with Crippen LogP contribution in [0, 0.1) is 0 Å². The minimum Gasteiger partial charge on any atom is -0.508 e. The molecular formula is C13H21NO2S. The van der Waals surface area contributed by atoms with E-state index in [9.17, 15) is 5.11 Å². The lowest BCUT2D eigenvalue weighted by Crippen LogP contribution is -2.17. The molecule has 0 saturated carbocycles. The smallest absolute Gasteiger partial charge is 0.120 e. The van der Waals surface area contributed by atoms with Crippen LogP contribution in [0.15, 0.2) is 18.2 Å². The summed E-state index contributed by atoms with van der Waals surface area (Å²) in [4.78, 5) is 0. The molecule has 96 valence electrons. The highest BCUT2D eigenvalue weighted by molar-refractivity contribution is 7.99. The monoisotopic (exact) mass is 255 g/mol. The summed E-state index contributed by atoms with van der Waals surface area (Å²) in [6.07, 6.45) is 3.25. The number of nitrogens with one attached hydrogen (secondary N) is 1. The van der Waals surface area contributed by atoms with Crippen molar-refractivity contribution in [3.63, 3.8) is 0 Å². The molecule has 0 aliphatic heterocycles. The van der Waals surface area contributed by atoms with Gasteiger partial charge in [0.05, 0.1) is 7.11 Å². The second-order valence-electron chi connectivity index (χ2n) is 4.01. The van der Waals surface area contributed by atoms with Gasteiger partial charge in [0.15, 0.2) is 0 Å². The van der Waals surface area contributed by atoms with Crippen molar-refractivity contribution < 1.29 is 9.84 Å². The van der Waals surface area contributed by atoms with E-state index in [0.29, 0.717) is 17.5 Å². The predicted octanol–water partition coefficient (Wildman–Crippen LogP) is 2.63. The van der Waals surface area contributed by atoms with Crippen LogP contribution in [-0.4, -0.2) is 30.3 Å². The zero-order valence-electron chi connectivity index (χ0n) is 10.7. The van der Waals surface area contributed by atoms with E-state index >= 15 is 0 Å². The first kappa shape index (κ1) is 14.2. The molecule has 0 saturated heterocycles. The van der Waals surface area contributed by atoms with Crippen LogP contribution in [0.2, 0.25) is 0 Å². The third kappa shape index (κ3) is 4.88. The van der Waals surface area contributed by atoms with Crippen LogP contribution >= 0.6 is 11.8 Å². The number of methoxy groups -OCH3 is 1. The van der Waals surface area contributed by atoms with E-state index in [1.54, 1.807) is 19.2 Å². The number of benzene rings is 1. The van der Waals surface area contributed by atoms with Crippen LogP contribution in [0.5, 0.6) is 11.5 Å². The second-order valence-corrected chi connectivity index (χ2v) is 5.28. The van der Waals surface area contributed by atoms with Crippen LogP contribution in [0.4, 0.5) is 0 Å². The van der Waals surface area contributed by atoms with E-state index in [1.807, 2.05) is 17.8 Å². The van der Waals surface area contributed by atoms with Crippen molar-refractivity contribution >= 4 is 11.8 Å². The van der Waals surface area contributed by atoms with Gasteiger partial charge in [0.1, 0.15) is 11.5 Å². The molecule has 1 rings (SSSR count). The minimum atomic E-state index is 0.316. The van der Waals surface area contributed by atoms with Crippen molar-refractivity contribution in [1.82, 2.24) is 5.32 Å². The summed E-state index contributed by atoms with van der Waals surface area (Å²) in [6.45, 7) is 3.85. The van der Waals surface area contributed by atoms with Gasteiger partial charge >= 0.3 is 0 Å². The van der Waals surface area contributed by atoms with Gasteiger partial charge in [-0.25, -0.2) is 0 Å². The molecule has 4 heteroatoms. The average Bonchev–Trinajstić information content (AvgIpc) is 2.36. The number of phenolic OH excluding ortho intramolecular Hbond substituents is 1. The Morgan fingerprint density at radius 1 is 1.47 bits per heavy atom. The highest BCUT2D eigenvalue weighted by atomic mass is 32.2. The maximum atomic E-state index is 9.69. The van der Waals surface area contributed by atoms with E-state index in [0.717, 1.165) is 24.3 Å². The Kier molecular flexibility index (Phi) is 6.22. The van der Waals surface area contributed by atoms with Crippen LogP contribution in [0.25, 0.3) is 0 Å². The molecule has 0 bridgehead atoms. The average molecular weight is 255 g/mol. The highest BCUT2D eigenvalue weighted by Crippen LogP contribution is 2.22. The predicted molar refractivity (Wildman–Crippen MR) is 74.0 cm³/mol. The third-order valence-electron chi connectivity index (χ3n) is 2.73. The fraction of sp³-hybridized carbons (Fsp3) is 0.538. The summed E-state index contributed by atoms with van der Waals surface area (Å²) in [6, 6.07) is 5.29. The first-order valence-corrected chi connectivity index (χ1v) is 7.05. The molecule has 0 aromatic heterocycles. The lowest BCUT2D eigenvalue weighted by Gasteiger charge is -2.10. The number of aromatic hydroxyl groups is 1. The lowest BCUT2D eigenvalue weighted by atomic mass is 10.2. The van der Waals surface area contributed by atoms with Crippen molar-refractivity contribution in [3.8, 4) is 11.5 Å². The van der Waals surface area contributed by atoms with E-state index in [-0.39, 0.29) is 0 Å². The Morgan fingerprint density at radius 2 is 2.24 bits per heavy atom. The Bertz CT molecular complexity index is 344. The van der Waals surface area contributed by atoms with Gasteiger partial charge in [-0.2, -0.15) is 11.8 Å². The lowest BCUT2D eigenvalue weighted by molar-refractivity contribution is 0.410.